The predicted molar refractivity (Wildman–Crippen MR) is 65.3 cm³/mol. The smallest absolute Gasteiger partial charge is 0.260 e. The Balaban J connectivity index is 1.84. The molecule has 19 heavy (non-hydrogen) atoms. The van der Waals surface area contributed by atoms with E-state index in [0.717, 1.165) is 0 Å². The van der Waals surface area contributed by atoms with Crippen LogP contribution in [-0.2, 0) is 9.53 Å². The third-order valence-corrected chi connectivity index (χ3v) is 2.85. The summed E-state index contributed by atoms with van der Waals surface area (Å²) in [6, 6.07) is 5.64. The molecule has 0 saturated carbocycles. The average molecular weight is 269 g/mol. The van der Waals surface area contributed by atoms with Gasteiger partial charge in [-0.2, -0.15) is 0 Å². The molecule has 6 heteroatoms. The zero-order valence-corrected chi connectivity index (χ0v) is 10.4. The molecule has 1 saturated heterocycles. The normalized spacial score (nSPS) is 19.3. The Bertz CT molecular complexity index is 440. The third-order valence-electron chi connectivity index (χ3n) is 2.85. The van der Waals surface area contributed by atoms with E-state index < -0.39 is 5.82 Å². The van der Waals surface area contributed by atoms with E-state index in [4.69, 9.17) is 14.6 Å². The third kappa shape index (κ3) is 3.90. The van der Waals surface area contributed by atoms with Crippen LogP contribution in [0.2, 0.25) is 0 Å². The first-order valence-corrected chi connectivity index (χ1v) is 6.07. The van der Waals surface area contributed by atoms with Crippen LogP contribution in [-0.4, -0.2) is 54.9 Å². The number of halogens is 1. The maximum atomic E-state index is 12.9. The van der Waals surface area contributed by atoms with E-state index in [0.29, 0.717) is 25.4 Å². The summed E-state index contributed by atoms with van der Waals surface area (Å²) in [7, 11) is 0. The molecule has 1 unspecified atom stereocenters. The van der Waals surface area contributed by atoms with Gasteiger partial charge in [0.2, 0.25) is 0 Å². The minimum Gasteiger partial charge on any atom is -0.484 e. The fourth-order valence-electron chi connectivity index (χ4n) is 1.85. The molecule has 1 N–H and O–H groups in total. The Morgan fingerprint density at radius 1 is 1.58 bits per heavy atom. The summed E-state index contributed by atoms with van der Waals surface area (Å²) in [5.74, 6) is -0.289. The van der Waals surface area contributed by atoms with Crippen LogP contribution >= 0.6 is 0 Å². The van der Waals surface area contributed by atoms with Gasteiger partial charge in [-0.25, -0.2) is 4.39 Å². The van der Waals surface area contributed by atoms with E-state index in [1.165, 1.54) is 18.2 Å². The van der Waals surface area contributed by atoms with Crippen molar-refractivity contribution in [2.75, 3.05) is 32.9 Å². The van der Waals surface area contributed by atoms with Crippen LogP contribution in [0.4, 0.5) is 4.39 Å². The van der Waals surface area contributed by atoms with Gasteiger partial charge in [-0.1, -0.05) is 6.07 Å². The number of hydrogen-bond donors (Lipinski definition) is 1. The molecule has 1 heterocycles. The standard InChI is InChI=1S/C13H16FNO4/c14-10-2-1-3-11(6-10)19-9-13(17)15-4-5-18-12(7-15)8-16/h1-3,6,12,16H,4-5,7-9H2. The van der Waals surface area contributed by atoms with Crippen molar-refractivity contribution in [3.05, 3.63) is 30.1 Å². The molecular formula is C13H16FNO4. The zero-order chi connectivity index (χ0) is 13.7. The summed E-state index contributed by atoms with van der Waals surface area (Å²) >= 11 is 0. The highest BCUT2D eigenvalue weighted by molar-refractivity contribution is 5.77. The minimum atomic E-state index is -0.406. The van der Waals surface area contributed by atoms with Crippen molar-refractivity contribution in [3.8, 4) is 5.75 Å². The number of rotatable bonds is 4. The van der Waals surface area contributed by atoms with E-state index in [1.54, 1.807) is 11.0 Å². The number of ether oxygens (including phenoxy) is 2. The molecule has 1 aromatic rings. The summed E-state index contributed by atoms with van der Waals surface area (Å²) in [4.78, 5) is 13.5. The fraction of sp³-hybridized carbons (Fsp3) is 0.462. The number of carbonyl (C=O) groups excluding carboxylic acids is 1. The lowest BCUT2D eigenvalue weighted by Crippen LogP contribution is -2.48. The van der Waals surface area contributed by atoms with E-state index >= 15 is 0 Å². The van der Waals surface area contributed by atoms with Gasteiger partial charge in [-0.3, -0.25) is 4.79 Å². The molecule has 104 valence electrons. The van der Waals surface area contributed by atoms with Crippen LogP contribution in [0.25, 0.3) is 0 Å². The molecule has 0 bridgehead atoms. The van der Waals surface area contributed by atoms with Gasteiger partial charge in [0, 0.05) is 19.2 Å². The first-order chi connectivity index (χ1) is 9.19. The number of nitrogens with zero attached hydrogens (tertiary/aromatic N) is 1. The van der Waals surface area contributed by atoms with Crippen molar-refractivity contribution in [2.45, 2.75) is 6.10 Å². The molecule has 1 aliphatic heterocycles. The molecule has 0 aliphatic carbocycles. The Labute approximate surface area is 110 Å². The SMILES string of the molecule is O=C(COc1cccc(F)c1)N1CCOC(CO)C1. The molecule has 5 nitrogen and oxygen atoms in total. The van der Waals surface area contributed by atoms with Crippen molar-refractivity contribution >= 4 is 5.91 Å². The summed E-state index contributed by atoms with van der Waals surface area (Å²) in [6.07, 6.45) is -0.341. The first-order valence-electron chi connectivity index (χ1n) is 6.07. The molecule has 0 spiro atoms. The van der Waals surface area contributed by atoms with Crippen LogP contribution in [0.5, 0.6) is 5.75 Å². The number of aliphatic hydroxyl groups excluding tert-OH is 1. The Morgan fingerprint density at radius 3 is 3.16 bits per heavy atom. The van der Waals surface area contributed by atoms with Crippen LogP contribution < -0.4 is 4.74 Å². The molecule has 2 rings (SSSR count). The van der Waals surface area contributed by atoms with Crippen molar-refractivity contribution < 1.29 is 23.8 Å². The maximum Gasteiger partial charge on any atom is 0.260 e. The minimum absolute atomic E-state index is 0.117. The highest BCUT2D eigenvalue weighted by atomic mass is 19.1. The first kappa shape index (κ1) is 13.8. The average Bonchev–Trinajstić information content (AvgIpc) is 2.45. The molecule has 0 aromatic heterocycles. The maximum absolute atomic E-state index is 12.9. The van der Waals surface area contributed by atoms with Crippen LogP contribution in [0.3, 0.4) is 0 Å². The summed E-state index contributed by atoms with van der Waals surface area (Å²) < 4.78 is 23.4. The topological polar surface area (TPSA) is 59.0 Å². The number of aliphatic hydroxyl groups is 1. The Hall–Kier alpha value is -1.66. The predicted octanol–water partition coefficient (Wildman–Crippen LogP) is 0.424. The second-order valence-electron chi connectivity index (χ2n) is 4.26. The summed E-state index contributed by atoms with van der Waals surface area (Å²) in [5.41, 5.74) is 0. The van der Waals surface area contributed by atoms with E-state index in [1.807, 2.05) is 0 Å². The second-order valence-corrected chi connectivity index (χ2v) is 4.26. The monoisotopic (exact) mass is 269 g/mol. The Morgan fingerprint density at radius 2 is 2.42 bits per heavy atom. The number of carbonyl (C=O) groups is 1. The van der Waals surface area contributed by atoms with Gasteiger partial charge in [-0.05, 0) is 12.1 Å². The lowest BCUT2D eigenvalue weighted by Gasteiger charge is -2.31. The Kier molecular flexibility index (Phi) is 4.70. The summed E-state index contributed by atoms with van der Waals surface area (Å²) in [5, 5.41) is 8.99. The van der Waals surface area contributed by atoms with Gasteiger partial charge in [-0.15, -0.1) is 0 Å². The number of benzene rings is 1. The van der Waals surface area contributed by atoms with Crippen LogP contribution in [0.15, 0.2) is 24.3 Å². The number of morpholine rings is 1. The van der Waals surface area contributed by atoms with Crippen LogP contribution in [0, 0.1) is 5.82 Å². The highest BCUT2D eigenvalue weighted by Gasteiger charge is 2.23. The fourth-order valence-corrected chi connectivity index (χ4v) is 1.85. The molecule has 1 fully saturated rings. The molecule has 1 aliphatic rings. The zero-order valence-electron chi connectivity index (χ0n) is 10.4. The summed E-state index contributed by atoms with van der Waals surface area (Å²) in [6.45, 7) is 0.955. The lowest BCUT2D eigenvalue weighted by molar-refractivity contribution is -0.142. The second kappa shape index (κ2) is 6.49. The quantitative estimate of drug-likeness (QED) is 0.861. The van der Waals surface area contributed by atoms with Gasteiger partial charge in [0.15, 0.2) is 6.61 Å². The molecule has 1 atom stereocenters. The van der Waals surface area contributed by atoms with Crippen LogP contribution in [0.1, 0.15) is 0 Å². The number of hydrogen-bond acceptors (Lipinski definition) is 4. The van der Waals surface area contributed by atoms with Crippen molar-refractivity contribution in [2.24, 2.45) is 0 Å². The van der Waals surface area contributed by atoms with Gasteiger partial charge in [0.1, 0.15) is 11.6 Å². The number of amides is 1. The van der Waals surface area contributed by atoms with Gasteiger partial charge < -0.3 is 19.5 Å². The van der Waals surface area contributed by atoms with Crippen molar-refractivity contribution in [1.82, 2.24) is 4.90 Å². The van der Waals surface area contributed by atoms with Gasteiger partial charge >= 0.3 is 0 Å². The molecule has 1 aromatic carbocycles. The largest absolute Gasteiger partial charge is 0.484 e. The highest BCUT2D eigenvalue weighted by Crippen LogP contribution is 2.12. The lowest BCUT2D eigenvalue weighted by atomic mass is 10.3. The van der Waals surface area contributed by atoms with E-state index in [2.05, 4.69) is 0 Å². The van der Waals surface area contributed by atoms with E-state index in [9.17, 15) is 9.18 Å². The molecular weight excluding hydrogens is 253 g/mol. The van der Waals surface area contributed by atoms with E-state index in [-0.39, 0.29) is 25.2 Å². The van der Waals surface area contributed by atoms with Crippen molar-refractivity contribution in [3.63, 3.8) is 0 Å². The van der Waals surface area contributed by atoms with Crippen molar-refractivity contribution in [1.29, 1.82) is 0 Å². The van der Waals surface area contributed by atoms with Gasteiger partial charge in [0.25, 0.3) is 5.91 Å². The molecule has 1 amide bonds. The van der Waals surface area contributed by atoms with Gasteiger partial charge in [0.05, 0.1) is 19.3 Å². The molecule has 0 radical (unpaired) electrons.